The second-order valence-corrected chi connectivity index (χ2v) is 3.17. The summed E-state index contributed by atoms with van der Waals surface area (Å²) in [6, 6.07) is 5.94. The van der Waals surface area contributed by atoms with Crippen molar-refractivity contribution in [1.82, 2.24) is 10.6 Å². The van der Waals surface area contributed by atoms with Crippen LogP contribution in [0.15, 0.2) is 24.3 Å². The fraction of sp³-hybridized carbons (Fsp3) is 0.200. The van der Waals surface area contributed by atoms with Gasteiger partial charge in [0.1, 0.15) is 11.8 Å². The van der Waals surface area contributed by atoms with Gasteiger partial charge in [0.05, 0.1) is 7.11 Å². The van der Waals surface area contributed by atoms with Crippen LogP contribution >= 0.6 is 0 Å². The van der Waals surface area contributed by atoms with Crippen LogP contribution in [0.1, 0.15) is 11.6 Å². The van der Waals surface area contributed by atoms with E-state index in [1.165, 1.54) is 0 Å². The highest BCUT2D eigenvalue weighted by atomic mass is 16.5. The summed E-state index contributed by atoms with van der Waals surface area (Å²) >= 11 is 0. The van der Waals surface area contributed by atoms with E-state index in [0.29, 0.717) is 11.3 Å². The maximum absolute atomic E-state index is 11.3. The Morgan fingerprint density at radius 3 is 2.73 bits per heavy atom. The lowest BCUT2D eigenvalue weighted by Crippen LogP contribution is -2.22. The number of urea groups is 1. The molecule has 2 N–H and O–H groups in total. The second kappa shape index (κ2) is 3.61. The summed E-state index contributed by atoms with van der Waals surface area (Å²) in [7, 11) is 1.55. The van der Waals surface area contributed by atoms with Crippen LogP contribution < -0.4 is 15.4 Å². The molecule has 0 unspecified atom stereocenters. The van der Waals surface area contributed by atoms with Gasteiger partial charge in [-0.05, 0) is 17.7 Å². The molecular weight excluding hydrogens is 196 g/mol. The molecule has 1 fully saturated rings. The van der Waals surface area contributed by atoms with Gasteiger partial charge in [0.25, 0.3) is 5.91 Å². The number of ether oxygens (including phenoxy) is 1. The number of carbonyl (C=O) groups is 2. The van der Waals surface area contributed by atoms with Crippen LogP contribution in [0.25, 0.3) is 0 Å². The van der Waals surface area contributed by atoms with Crippen LogP contribution in [0.5, 0.6) is 5.75 Å². The molecule has 78 valence electrons. The largest absolute Gasteiger partial charge is 0.497 e. The van der Waals surface area contributed by atoms with Gasteiger partial charge in [-0.3, -0.25) is 10.1 Å². The van der Waals surface area contributed by atoms with E-state index >= 15 is 0 Å². The highest BCUT2D eigenvalue weighted by Gasteiger charge is 2.30. The molecule has 3 amide bonds. The topological polar surface area (TPSA) is 67.4 Å². The molecule has 1 aliphatic heterocycles. The molecule has 1 aromatic carbocycles. The van der Waals surface area contributed by atoms with Gasteiger partial charge in [-0.25, -0.2) is 4.79 Å². The molecule has 1 aromatic rings. The highest BCUT2D eigenvalue weighted by Crippen LogP contribution is 2.21. The van der Waals surface area contributed by atoms with Crippen molar-refractivity contribution in [3.63, 3.8) is 0 Å². The predicted molar refractivity (Wildman–Crippen MR) is 52.4 cm³/mol. The fourth-order valence-electron chi connectivity index (χ4n) is 1.47. The van der Waals surface area contributed by atoms with E-state index in [9.17, 15) is 9.59 Å². The fourth-order valence-corrected chi connectivity index (χ4v) is 1.47. The molecule has 1 atom stereocenters. The molecule has 1 aliphatic rings. The van der Waals surface area contributed by atoms with Gasteiger partial charge < -0.3 is 10.1 Å². The van der Waals surface area contributed by atoms with Crippen molar-refractivity contribution < 1.29 is 14.3 Å². The first-order chi connectivity index (χ1) is 7.20. The third-order valence-corrected chi connectivity index (χ3v) is 2.20. The molecule has 5 nitrogen and oxygen atoms in total. The van der Waals surface area contributed by atoms with Crippen molar-refractivity contribution in [3.8, 4) is 5.75 Å². The van der Waals surface area contributed by atoms with Crippen molar-refractivity contribution in [2.24, 2.45) is 0 Å². The molecule has 15 heavy (non-hydrogen) atoms. The lowest BCUT2D eigenvalue weighted by Gasteiger charge is -2.08. The van der Waals surface area contributed by atoms with E-state index in [-0.39, 0.29) is 5.91 Å². The maximum Gasteiger partial charge on any atom is 0.322 e. The van der Waals surface area contributed by atoms with E-state index in [4.69, 9.17) is 4.74 Å². The zero-order chi connectivity index (χ0) is 10.8. The van der Waals surface area contributed by atoms with Crippen molar-refractivity contribution in [3.05, 3.63) is 29.8 Å². The number of hydrogen-bond donors (Lipinski definition) is 2. The Labute approximate surface area is 86.4 Å². The summed E-state index contributed by atoms with van der Waals surface area (Å²) in [6.07, 6.45) is 0. The third kappa shape index (κ3) is 1.76. The summed E-state index contributed by atoms with van der Waals surface area (Å²) in [6.45, 7) is 0. The minimum Gasteiger partial charge on any atom is -0.497 e. The molecule has 5 heteroatoms. The van der Waals surface area contributed by atoms with Crippen LogP contribution in [0.4, 0.5) is 4.79 Å². The molecule has 0 aliphatic carbocycles. The van der Waals surface area contributed by atoms with E-state index in [1.807, 2.05) is 0 Å². The van der Waals surface area contributed by atoms with E-state index in [0.717, 1.165) is 0 Å². The van der Waals surface area contributed by atoms with E-state index < -0.39 is 12.1 Å². The van der Waals surface area contributed by atoms with Crippen LogP contribution in [0.2, 0.25) is 0 Å². The number of methoxy groups -OCH3 is 1. The van der Waals surface area contributed by atoms with Gasteiger partial charge in [-0.2, -0.15) is 0 Å². The summed E-state index contributed by atoms with van der Waals surface area (Å²) in [4.78, 5) is 22.3. The number of benzene rings is 1. The summed E-state index contributed by atoms with van der Waals surface area (Å²) in [5, 5.41) is 4.69. The second-order valence-electron chi connectivity index (χ2n) is 3.17. The molecule has 0 spiro atoms. The van der Waals surface area contributed by atoms with Crippen LogP contribution in [-0.4, -0.2) is 19.0 Å². The standard InChI is InChI=1S/C10H10N2O3/c1-15-7-4-2-3-6(5-7)8-9(13)12-10(14)11-8/h2-5,8H,1H3,(H2,11,12,13,14)/t8-/m1/s1. The van der Waals surface area contributed by atoms with Crippen molar-refractivity contribution in [2.45, 2.75) is 6.04 Å². The summed E-state index contributed by atoms with van der Waals surface area (Å²) < 4.78 is 5.03. The van der Waals surface area contributed by atoms with Crippen molar-refractivity contribution >= 4 is 11.9 Å². The van der Waals surface area contributed by atoms with Gasteiger partial charge in [0.15, 0.2) is 0 Å². The molecular formula is C10H10N2O3. The van der Waals surface area contributed by atoms with E-state index in [1.54, 1.807) is 31.4 Å². The Morgan fingerprint density at radius 1 is 1.33 bits per heavy atom. The van der Waals surface area contributed by atoms with Crippen molar-refractivity contribution in [1.29, 1.82) is 0 Å². The van der Waals surface area contributed by atoms with Gasteiger partial charge in [-0.15, -0.1) is 0 Å². The average molecular weight is 206 g/mol. The number of imide groups is 1. The lowest BCUT2D eigenvalue weighted by molar-refractivity contribution is -0.120. The predicted octanol–water partition coefficient (Wildman–Crippen LogP) is 0.576. The first-order valence-corrected chi connectivity index (χ1v) is 4.46. The Hall–Kier alpha value is -2.04. The number of nitrogens with one attached hydrogen (secondary N) is 2. The van der Waals surface area contributed by atoms with Gasteiger partial charge in [0.2, 0.25) is 0 Å². The Kier molecular flexibility index (Phi) is 2.29. The molecule has 1 saturated heterocycles. The monoisotopic (exact) mass is 206 g/mol. The summed E-state index contributed by atoms with van der Waals surface area (Å²) in [5.41, 5.74) is 0.706. The molecule has 0 saturated carbocycles. The van der Waals surface area contributed by atoms with Gasteiger partial charge >= 0.3 is 6.03 Å². The number of amides is 3. The first-order valence-electron chi connectivity index (χ1n) is 4.46. The molecule has 0 bridgehead atoms. The normalized spacial score (nSPS) is 19.7. The maximum atomic E-state index is 11.3. The average Bonchev–Trinajstić information content (AvgIpc) is 2.58. The van der Waals surface area contributed by atoms with Gasteiger partial charge in [0, 0.05) is 0 Å². The minimum absolute atomic E-state index is 0.340. The number of hydrogen-bond acceptors (Lipinski definition) is 3. The van der Waals surface area contributed by atoms with Crippen LogP contribution in [-0.2, 0) is 4.79 Å². The molecule has 1 heterocycles. The Morgan fingerprint density at radius 2 is 2.13 bits per heavy atom. The van der Waals surface area contributed by atoms with Crippen molar-refractivity contribution in [2.75, 3.05) is 7.11 Å². The highest BCUT2D eigenvalue weighted by molar-refractivity contribution is 6.04. The Balaban J connectivity index is 2.29. The number of rotatable bonds is 2. The molecule has 2 rings (SSSR count). The molecule has 0 aromatic heterocycles. The smallest absolute Gasteiger partial charge is 0.322 e. The Bertz CT molecular complexity index is 417. The minimum atomic E-state index is -0.618. The third-order valence-electron chi connectivity index (χ3n) is 2.20. The van der Waals surface area contributed by atoms with Crippen LogP contribution in [0, 0.1) is 0 Å². The first kappa shape index (κ1) is 9.51. The van der Waals surface area contributed by atoms with Crippen LogP contribution in [0.3, 0.4) is 0 Å². The zero-order valence-corrected chi connectivity index (χ0v) is 8.11. The number of carbonyl (C=O) groups excluding carboxylic acids is 2. The SMILES string of the molecule is COc1cccc([C@H]2NC(=O)NC2=O)c1. The lowest BCUT2D eigenvalue weighted by atomic mass is 10.1. The zero-order valence-electron chi connectivity index (χ0n) is 8.11. The molecule has 0 radical (unpaired) electrons. The van der Waals surface area contributed by atoms with Gasteiger partial charge in [-0.1, -0.05) is 12.1 Å². The summed E-state index contributed by atoms with van der Waals surface area (Å²) in [5.74, 6) is 0.315. The van der Waals surface area contributed by atoms with E-state index in [2.05, 4.69) is 10.6 Å². The quantitative estimate of drug-likeness (QED) is 0.695.